The van der Waals surface area contributed by atoms with E-state index in [1.807, 2.05) is 7.05 Å². The summed E-state index contributed by atoms with van der Waals surface area (Å²) >= 11 is 0. The van der Waals surface area contributed by atoms with Crippen molar-refractivity contribution in [3.8, 4) is 17.2 Å². The van der Waals surface area contributed by atoms with Crippen LogP contribution < -0.4 is 10.1 Å². The van der Waals surface area contributed by atoms with Crippen LogP contribution in [0.25, 0.3) is 11.5 Å². The molecule has 1 aliphatic heterocycles. The number of hydrogen-bond acceptors (Lipinski definition) is 8. The Morgan fingerprint density at radius 3 is 3.00 bits per heavy atom. The van der Waals surface area contributed by atoms with Crippen LogP contribution in [0.2, 0.25) is 0 Å². The van der Waals surface area contributed by atoms with E-state index in [0.717, 1.165) is 19.6 Å². The fraction of sp³-hybridized carbons (Fsp3) is 0.467. The van der Waals surface area contributed by atoms with Gasteiger partial charge in [0.15, 0.2) is 11.6 Å². The van der Waals surface area contributed by atoms with Gasteiger partial charge in [0.1, 0.15) is 0 Å². The van der Waals surface area contributed by atoms with Gasteiger partial charge in [-0.3, -0.25) is 15.0 Å². The van der Waals surface area contributed by atoms with Crippen molar-refractivity contribution in [1.82, 2.24) is 20.4 Å². The van der Waals surface area contributed by atoms with Crippen molar-refractivity contribution in [2.24, 2.45) is 0 Å². The molecule has 0 aliphatic carbocycles. The molecular weight excluding hydrogens is 350 g/mol. The van der Waals surface area contributed by atoms with E-state index in [-0.39, 0.29) is 35.8 Å². The molecule has 0 spiro atoms. The standard InChI is InChI=1S/C15H19N5O4.ClH/c1-3-23-13-5-4-10(8-11(13)20(21)22)15-17-14(18-24-15)12-9-16-6-7-19(12)2;/h4-5,8,12,16H,3,6-7,9H2,1-2H3;1H. The summed E-state index contributed by atoms with van der Waals surface area (Å²) in [6.45, 7) is 4.67. The molecule has 1 fully saturated rings. The molecule has 0 amide bonds. The average molecular weight is 370 g/mol. The first-order valence-electron chi connectivity index (χ1n) is 7.76. The number of ether oxygens (including phenoxy) is 1. The summed E-state index contributed by atoms with van der Waals surface area (Å²) in [6, 6.07) is 4.65. The van der Waals surface area contributed by atoms with Crippen LogP contribution in [-0.4, -0.2) is 53.3 Å². The smallest absolute Gasteiger partial charge is 0.311 e. The Morgan fingerprint density at radius 2 is 2.32 bits per heavy atom. The van der Waals surface area contributed by atoms with Crippen LogP contribution in [-0.2, 0) is 0 Å². The number of aromatic nitrogens is 2. The van der Waals surface area contributed by atoms with Crippen LogP contribution in [0.5, 0.6) is 5.75 Å². The van der Waals surface area contributed by atoms with Crippen molar-refractivity contribution in [3.63, 3.8) is 0 Å². The highest BCUT2D eigenvalue weighted by atomic mass is 35.5. The number of halogens is 1. The summed E-state index contributed by atoms with van der Waals surface area (Å²) in [4.78, 5) is 17.3. The highest BCUT2D eigenvalue weighted by Crippen LogP contribution is 2.32. The Kier molecular flexibility index (Phi) is 6.29. The molecule has 1 aliphatic rings. The van der Waals surface area contributed by atoms with Gasteiger partial charge in [-0.2, -0.15) is 4.98 Å². The molecule has 2 aromatic rings. The quantitative estimate of drug-likeness (QED) is 0.630. The van der Waals surface area contributed by atoms with Gasteiger partial charge in [-0.05, 0) is 26.1 Å². The summed E-state index contributed by atoms with van der Waals surface area (Å²) in [5.74, 6) is 1.05. The fourth-order valence-electron chi connectivity index (χ4n) is 2.65. The maximum absolute atomic E-state index is 11.2. The van der Waals surface area contributed by atoms with Gasteiger partial charge < -0.3 is 14.6 Å². The Balaban J connectivity index is 0.00000225. The molecule has 0 saturated carbocycles. The Hall–Kier alpha value is -2.23. The van der Waals surface area contributed by atoms with E-state index >= 15 is 0 Å². The minimum atomic E-state index is -0.482. The first-order chi connectivity index (χ1) is 11.6. The van der Waals surface area contributed by atoms with E-state index in [0.29, 0.717) is 18.0 Å². The molecule has 9 nitrogen and oxygen atoms in total. The van der Waals surface area contributed by atoms with Gasteiger partial charge in [-0.15, -0.1) is 12.4 Å². The number of rotatable bonds is 5. The summed E-state index contributed by atoms with van der Waals surface area (Å²) in [5.41, 5.74) is 0.376. The molecule has 3 rings (SSSR count). The van der Waals surface area contributed by atoms with Gasteiger partial charge in [0.25, 0.3) is 5.89 Å². The van der Waals surface area contributed by atoms with Crippen molar-refractivity contribution in [1.29, 1.82) is 0 Å². The van der Waals surface area contributed by atoms with Crippen LogP contribution in [0.1, 0.15) is 18.8 Å². The molecule has 1 saturated heterocycles. The van der Waals surface area contributed by atoms with Crippen molar-refractivity contribution < 1.29 is 14.2 Å². The van der Waals surface area contributed by atoms with Crippen molar-refractivity contribution in [2.45, 2.75) is 13.0 Å². The summed E-state index contributed by atoms with van der Waals surface area (Å²) < 4.78 is 10.6. The van der Waals surface area contributed by atoms with E-state index in [1.54, 1.807) is 19.1 Å². The number of nitrogens with one attached hydrogen (secondary N) is 1. The minimum Gasteiger partial charge on any atom is -0.487 e. The second kappa shape index (κ2) is 8.24. The van der Waals surface area contributed by atoms with Gasteiger partial charge >= 0.3 is 5.69 Å². The number of nitrogens with zero attached hydrogens (tertiary/aromatic N) is 4. The van der Waals surface area contributed by atoms with Crippen molar-refractivity contribution in [2.75, 3.05) is 33.3 Å². The van der Waals surface area contributed by atoms with Gasteiger partial charge in [0, 0.05) is 31.3 Å². The molecule has 1 atom stereocenters. The maximum atomic E-state index is 11.2. The first-order valence-corrected chi connectivity index (χ1v) is 7.76. The van der Waals surface area contributed by atoms with E-state index < -0.39 is 4.92 Å². The lowest BCUT2D eigenvalue weighted by Crippen LogP contribution is -2.44. The number of benzene rings is 1. The second-order valence-electron chi connectivity index (χ2n) is 5.53. The molecule has 1 unspecified atom stereocenters. The number of nitro benzene ring substituents is 1. The van der Waals surface area contributed by atoms with Crippen LogP contribution in [0.4, 0.5) is 5.69 Å². The number of likely N-dealkylation sites (N-methyl/N-ethyl adjacent to an activating group) is 1. The predicted molar refractivity (Wildman–Crippen MR) is 93.0 cm³/mol. The molecule has 25 heavy (non-hydrogen) atoms. The van der Waals surface area contributed by atoms with E-state index in [9.17, 15) is 10.1 Å². The number of hydrogen-bond donors (Lipinski definition) is 1. The lowest BCUT2D eigenvalue weighted by atomic mass is 10.1. The normalized spacial score (nSPS) is 17.8. The zero-order valence-electron chi connectivity index (χ0n) is 14.0. The third-order valence-corrected chi connectivity index (χ3v) is 3.95. The van der Waals surface area contributed by atoms with Crippen LogP contribution in [0, 0.1) is 10.1 Å². The zero-order chi connectivity index (χ0) is 17.1. The lowest BCUT2D eigenvalue weighted by Gasteiger charge is -2.30. The van der Waals surface area contributed by atoms with Gasteiger partial charge in [-0.1, -0.05) is 5.16 Å². The number of nitro groups is 1. The van der Waals surface area contributed by atoms with Crippen LogP contribution >= 0.6 is 12.4 Å². The molecule has 2 heterocycles. The molecule has 136 valence electrons. The summed E-state index contributed by atoms with van der Waals surface area (Å²) in [7, 11) is 2.00. The van der Waals surface area contributed by atoms with Gasteiger partial charge in [0.05, 0.1) is 17.6 Å². The van der Waals surface area contributed by atoms with Crippen molar-refractivity contribution >= 4 is 18.1 Å². The Bertz CT molecular complexity index is 738. The van der Waals surface area contributed by atoms with Crippen LogP contribution in [0.15, 0.2) is 22.7 Å². The topological polar surface area (TPSA) is 107 Å². The van der Waals surface area contributed by atoms with Gasteiger partial charge in [-0.25, -0.2) is 0 Å². The summed E-state index contributed by atoms with van der Waals surface area (Å²) in [6.07, 6.45) is 0. The van der Waals surface area contributed by atoms with Crippen molar-refractivity contribution in [3.05, 3.63) is 34.1 Å². The first kappa shape index (κ1) is 19.1. The summed E-state index contributed by atoms with van der Waals surface area (Å²) in [5, 5.41) is 18.5. The largest absolute Gasteiger partial charge is 0.487 e. The van der Waals surface area contributed by atoms with Crippen LogP contribution in [0.3, 0.4) is 0 Å². The third kappa shape index (κ3) is 4.06. The molecule has 0 radical (unpaired) electrons. The molecule has 1 aromatic carbocycles. The molecule has 0 bridgehead atoms. The third-order valence-electron chi connectivity index (χ3n) is 3.95. The van der Waals surface area contributed by atoms with Gasteiger partial charge in [0.2, 0.25) is 0 Å². The second-order valence-corrected chi connectivity index (χ2v) is 5.53. The predicted octanol–water partition coefficient (Wildman–Crippen LogP) is 2.04. The monoisotopic (exact) mass is 369 g/mol. The average Bonchev–Trinajstić information content (AvgIpc) is 3.05. The minimum absolute atomic E-state index is 0. The maximum Gasteiger partial charge on any atom is 0.311 e. The number of piperazine rings is 1. The SMILES string of the molecule is CCOc1ccc(-c2nc(C3CNCCN3C)no2)cc1[N+](=O)[O-].Cl. The highest BCUT2D eigenvalue weighted by Gasteiger charge is 2.26. The Labute approximate surface area is 150 Å². The molecular formula is C15H20ClN5O4. The fourth-order valence-corrected chi connectivity index (χ4v) is 2.65. The molecule has 1 N–H and O–H groups in total. The zero-order valence-corrected chi connectivity index (χ0v) is 14.8. The highest BCUT2D eigenvalue weighted by molar-refractivity contribution is 5.85. The molecule has 10 heteroatoms. The lowest BCUT2D eigenvalue weighted by molar-refractivity contribution is -0.385. The Morgan fingerprint density at radius 1 is 1.52 bits per heavy atom. The van der Waals surface area contributed by atoms with E-state index in [2.05, 4.69) is 20.4 Å². The van der Waals surface area contributed by atoms with E-state index in [1.165, 1.54) is 6.07 Å². The molecule has 1 aromatic heterocycles. The van der Waals surface area contributed by atoms with E-state index in [4.69, 9.17) is 9.26 Å².